The highest BCUT2D eigenvalue weighted by molar-refractivity contribution is 6.42. The lowest BCUT2D eigenvalue weighted by Crippen LogP contribution is -2.43. The average Bonchev–Trinajstić information content (AvgIpc) is 2.94. The molecular formula is C22H25Cl2NO2. The lowest BCUT2D eigenvalue weighted by atomic mass is 9.90. The van der Waals surface area contributed by atoms with Crippen LogP contribution in [0.3, 0.4) is 0 Å². The zero-order chi connectivity index (χ0) is 19.8. The molecule has 3 rings (SSSR count). The van der Waals surface area contributed by atoms with Gasteiger partial charge in [-0.1, -0.05) is 53.5 Å². The molecule has 144 valence electrons. The van der Waals surface area contributed by atoms with E-state index >= 15 is 0 Å². The minimum Gasteiger partial charge on any atom is -0.444 e. The number of likely N-dealkylation sites (N-methyl/N-ethyl adjacent to an activating group) is 1. The summed E-state index contributed by atoms with van der Waals surface area (Å²) < 4.78 is 5.59. The van der Waals surface area contributed by atoms with Gasteiger partial charge in [-0.3, -0.25) is 0 Å². The van der Waals surface area contributed by atoms with Gasteiger partial charge >= 0.3 is 6.09 Å². The topological polar surface area (TPSA) is 29.5 Å². The van der Waals surface area contributed by atoms with Gasteiger partial charge in [0, 0.05) is 19.0 Å². The maximum Gasteiger partial charge on any atom is 0.410 e. The molecule has 0 aliphatic heterocycles. The number of nitrogens with zero attached hydrogens (tertiary/aromatic N) is 1. The lowest BCUT2D eigenvalue weighted by Gasteiger charge is -2.32. The first-order valence-corrected chi connectivity index (χ1v) is 9.89. The molecule has 0 N–H and O–H groups in total. The summed E-state index contributed by atoms with van der Waals surface area (Å²) in [6.45, 7) is 5.65. The van der Waals surface area contributed by atoms with Crippen LogP contribution in [0.25, 0.3) is 0 Å². The van der Waals surface area contributed by atoms with Gasteiger partial charge in [-0.15, -0.1) is 0 Å². The average molecular weight is 406 g/mol. The minimum atomic E-state index is -0.518. The van der Waals surface area contributed by atoms with Crippen LogP contribution in [0, 0.1) is 0 Å². The van der Waals surface area contributed by atoms with Crippen molar-refractivity contribution in [3.63, 3.8) is 0 Å². The van der Waals surface area contributed by atoms with Gasteiger partial charge in [0.05, 0.1) is 10.0 Å². The molecule has 0 aromatic heterocycles. The molecule has 2 aromatic rings. The van der Waals surface area contributed by atoms with E-state index in [0.717, 1.165) is 18.4 Å². The van der Waals surface area contributed by atoms with E-state index in [4.69, 9.17) is 27.9 Å². The number of hydrogen-bond acceptors (Lipinski definition) is 2. The van der Waals surface area contributed by atoms with E-state index in [1.807, 2.05) is 52.1 Å². The van der Waals surface area contributed by atoms with Gasteiger partial charge in [-0.05, 0) is 62.4 Å². The monoisotopic (exact) mass is 405 g/mol. The first-order chi connectivity index (χ1) is 12.7. The molecule has 1 aliphatic carbocycles. The first kappa shape index (κ1) is 20.0. The summed E-state index contributed by atoms with van der Waals surface area (Å²) in [6.07, 6.45) is 1.31. The van der Waals surface area contributed by atoms with Gasteiger partial charge in [-0.25, -0.2) is 4.79 Å². The zero-order valence-corrected chi connectivity index (χ0v) is 17.6. The Hall–Kier alpha value is -1.71. The first-order valence-electron chi connectivity index (χ1n) is 9.13. The second-order valence-electron chi connectivity index (χ2n) is 8.12. The third-order valence-corrected chi connectivity index (χ3v) is 5.71. The molecule has 1 amide bonds. The lowest BCUT2D eigenvalue weighted by molar-refractivity contribution is 0.0207. The van der Waals surface area contributed by atoms with Crippen LogP contribution in [-0.4, -0.2) is 29.7 Å². The fourth-order valence-electron chi connectivity index (χ4n) is 3.70. The molecule has 0 radical (unpaired) electrons. The number of rotatable bonds is 3. The fourth-order valence-corrected chi connectivity index (χ4v) is 4.02. The van der Waals surface area contributed by atoms with E-state index in [0.29, 0.717) is 10.0 Å². The molecule has 3 nitrogen and oxygen atoms in total. The van der Waals surface area contributed by atoms with Crippen LogP contribution >= 0.6 is 23.2 Å². The van der Waals surface area contributed by atoms with Gasteiger partial charge in [0.2, 0.25) is 0 Å². The SMILES string of the molecule is CN(C(=O)OC(C)(C)C)[C@@H]1Cc2ccccc2[C@@H]1Cc1ccc(Cl)c(Cl)c1. The third-order valence-electron chi connectivity index (χ3n) is 4.97. The number of amides is 1. The fraction of sp³-hybridized carbons (Fsp3) is 0.409. The quantitative estimate of drug-likeness (QED) is 0.615. The van der Waals surface area contributed by atoms with Crippen molar-refractivity contribution in [1.82, 2.24) is 4.90 Å². The Labute approximate surface area is 171 Å². The Kier molecular flexibility index (Phi) is 5.73. The molecule has 2 atom stereocenters. The Morgan fingerprint density at radius 1 is 1.15 bits per heavy atom. The van der Waals surface area contributed by atoms with Crippen molar-refractivity contribution in [2.24, 2.45) is 0 Å². The van der Waals surface area contributed by atoms with Gasteiger partial charge in [0.15, 0.2) is 0 Å². The Morgan fingerprint density at radius 3 is 2.52 bits per heavy atom. The molecule has 0 bridgehead atoms. The summed E-state index contributed by atoms with van der Waals surface area (Å²) in [5.41, 5.74) is 3.15. The number of benzene rings is 2. The molecule has 5 heteroatoms. The molecule has 0 fully saturated rings. The van der Waals surface area contributed by atoms with Crippen LogP contribution in [0.1, 0.15) is 43.4 Å². The summed E-state index contributed by atoms with van der Waals surface area (Å²) in [7, 11) is 1.83. The van der Waals surface area contributed by atoms with Crippen LogP contribution in [0.2, 0.25) is 10.0 Å². The highest BCUT2D eigenvalue weighted by atomic mass is 35.5. The number of halogens is 2. The highest BCUT2D eigenvalue weighted by Gasteiger charge is 2.38. The minimum absolute atomic E-state index is 0.0340. The molecule has 0 saturated carbocycles. The standard InChI is InChI=1S/C22H25Cl2NO2/c1-22(2,3)27-21(26)25(4)20-13-15-7-5-6-8-16(15)17(20)11-14-9-10-18(23)19(24)12-14/h5-10,12,17,20H,11,13H2,1-4H3/t17-,20+/m0/s1. The number of carbonyl (C=O) groups excluding carboxylic acids is 1. The summed E-state index contributed by atoms with van der Waals surface area (Å²) in [4.78, 5) is 14.4. The van der Waals surface area contributed by atoms with E-state index in [-0.39, 0.29) is 18.1 Å². The van der Waals surface area contributed by atoms with Crippen LogP contribution in [0.5, 0.6) is 0 Å². The summed E-state index contributed by atoms with van der Waals surface area (Å²) in [5.74, 6) is 0.177. The van der Waals surface area contributed by atoms with Gasteiger partial charge in [-0.2, -0.15) is 0 Å². The smallest absolute Gasteiger partial charge is 0.410 e. The number of fused-ring (bicyclic) bond motifs is 1. The van der Waals surface area contributed by atoms with Crippen molar-refractivity contribution in [1.29, 1.82) is 0 Å². The van der Waals surface area contributed by atoms with Gasteiger partial charge in [0.25, 0.3) is 0 Å². The second-order valence-corrected chi connectivity index (χ2v) is 8.94. The maximum atomic E-state index is 12.7. The van der Waals surface area contributed by atoms with Crippen molar-refractivity contribution in [3.8, 4) is 0 Å². The van der Waals surface area contributed by atoms with E-state index in [9.17, 15) is 4.79 Å². The molecule has 0 heterocycles. The van der Waals surface area contributed by atoms with E-state index < -0.39 is 5.60 Å². The predicted octanol–water partition coefficient (Wildman–Crippen LogP) is 6.11. The summed E-state index contributed by atoms with van der Waals surface area (Å²) >= 11 is 12.3. The molecule has 1 aliphatic rings. The van der Waals surface area contributed by atoms with Crippen LogP contribution in [-0.2, 0) is 17.6 Å². The van der Waals surface area contributed by atoms with Crippen LogP contribution in [0.15, 0.2) is 42.5 Å². The Balaban J connectivity index is 1.88. The largest absolute Gasteiger partial charge is 0.444 e. The van der Waals surface area contributed by atoms with Crippen LogP contribution in [0.4, 0.5) is 4.79 Å². The van der Waals surface area contributed by atoms with Crippen molar-refractivity contribution >= 4 is 29.3 Å². The Morgan fingerprint density at radius 2 is 1.85 bits per heavy atom. The predicted molar refractivity (Wildman–Crippen MR) is 111 cm³/mol. The second kappa shape index (κ2) is 7.73. The zero-order valence-electron chi connectivity index (χ0n) is 16.1. The van der Waals surface area contributed by atoms with Crippen molar-refractivity contribution in [3.05, 3.63) is 69.2 Å². The maximum absolute atomic E-state index is 12.7. The summed E-state index contributed by atoms with van der Waals surface area (Å²) in [5, 5.41) is 1.10. The van der Waals surface area contributed by atoms with Gasteiger partial charge < -0.3 is 9.64 Å². The third kappa shape index (κ3) is 4.59. The van der Waals surface area contributed by atoms with Gasteiger partial charge in [0.1, 0.15) is 5.60 Å². The van der Waals surface area contributed by atoms with Crippen LogP contribution < -0.4 is 0 Å². The number of ether oxygens (including phenoxy) is 1. The molecule has 0 saturated heterocycles. The van der Waals surface area contributed by atoms with Crippen molar-refractivity contribution in [2.75, 3.05) is 7.05 Å². The Bertz CT molecular complexity index is 844. The molecule has 0 spiro atoms. The molecule has 2 aromatic carbocycles. The number of hydrogen-bond donors (Lipinski definition) is 0. The summed E-state index contributed by atoms with van der Waals surface area (Å²) in [6, 6.07) is 14.2. The van der Waals surface area contributed by atoms with E-state index in [1.54, 1.807) is 4.90 Å². The van der Waals surface area contributed by atoms with Crippen molar-refractivity contribution in [2.45, 2.75) is 51.2 Å². The van der Waals surface area contributed by atoms with Crippen molar-refractivity contribution < 1.29 is 9.53 Å². The molecule has 0 unspecified atom stereocenters. The van der Waals surface area contributed by atoms with E-state index in [1.165, 1.54) is 11.1 Å². The van der Waals surface area contributed by atoms with E-state index in [2.05, 4.69) is 18.2 Å². The normalized spacial score (nSPS) is 18.9. The highest BCUT2D eigenvalue weighted by Crippen LogP contribution is 2.39. The molecular weight excluding hydrogens is 381 g/mol. The number of carbonyl (C=O) groups is 1. The molecule has 27 heavy (non-hydrogen) atoms.